The second kappa shape index (κ2) is 8.72. The molecule has 24 heavy (non-hydrogen) atoms. The Kier molecular flexibility index (Phi) is 6.93. The van der Waals surface area contributed by atoms with Crippen molar-refractivity contribution in [3.63, 3.8) is 0 Å². The van der Waals surface area contributed by atoms with Gasteiger partial charge < -0.3 is 10.2 Å². The van der Waals surface area contributed by atoms with Gasteiger partial charge in [0, 0.05) is 29.1 Å². The summed E-state index contributed by atoms with van der Waals surface area (Å²) >= 11 is 12.1. The van der Waals surface area contributed by atoms with Crippen LogP contribution in [0.5, 0.6) is 0 Å². The van der Waals surface area contributed by atoms with Crippen LogP contribution in [-0.4, -0.2) is 28.8 Å². The van der Waals surface area contributed by atoms with Gasteiger partial charge >= 0.3 is 0 Å². The van der Waals surface area contributed by atoms with Crippen molar-refractivity contribution in [3.8, 4) is 0 Å². The minimum Gasteiger partial charge on any atom is -0.352 e. The fourth-order valence-corrected chi connectivity index (χ4v) is 3.48. The molecule has 132 valence electrons. The molecule has 1 saturated carbocycles. The Bertz CT molecular complexity index is 601. The van der Waals surface area contributed by atoms with Gasteiger partial charge in [0.15, 0.2) is 0 Å². The molecule has 1 fully saturated rings. The third kappa shape index (κ3) is 4.87. The summed E-state index contributed by atoms with van der Waals surface area (Å²) < 4.78 is 0. The first-order valence-corrected chi connectivity index (χ1v) is 9.21. The van der Waals surface area contributed by atoms with E-state index in [2.05, 4.69) is 5.32 Å². The van der Waals surface area contributed by atoms with E-state index in [1.54, 1.807) is 36.9 Å². The van der Waals surface area contributed by atoms with Crippen molar-refractivity contribution in [2.24, 2.45) is 0 Å². The average Bonchev–Trinajstić information content (AvgIpc) is 3.05. The Morgan fingerprint density at radius 1 is 1.29 bits per heavy atom. The van der Waals surface area contributed by atoms with E-state index in [0.29, 0.717) is 23.0 Å². The molecule has 0 bridgehead atoms. The molecule has 1 aliphatic carbocycles. The Morgan fingerprint density at radius 2 is 1.96 bits per heavy atom. The average molecular weight is 371 g/mol. The summed E-state index contributed by atoms with van der Waals surface area (Å²) in [4.78, 5) is 26.5. The number of carbonyl (C=O) groups excluding carboxylic acids is 2. The van der Waals surface area contributed by atoms with Gasteiger partial charge in [-0.3, -0.25) is 9.59 Å². The Hall–Kier alpha value is -1.26. The molecule has 2 rings (SSSR count). The van der Waals surface area contributed by atoms with Crippen LogP contribution in [-0.2, 0) is 16.1 Å². The van der Waals surface area contributed by atoms with E-state index in [4.69, 9.17) is 23.2 Å². The Morgan fingerprint density at radius 3 is 2.54 bits per heavy atom. The standard InChI is InChI=1S/C18H24Cl2N2O2/c1-3-17(23)22(11-13-8-9-14(19)10-16(13)20)12(2)18(24)21-15-6-4-5-7-15/h8-10,12,15H,3-7,11H2,1-2H3,(H,21,24). The highest BCUT2D eigenvalue weighted by Crippen LogP contribution is 2.24. The van der Waals surface area contributed by atoms with E-state index in [1.807, 2.05) is 0 Å². The lowest BCUT2D eigenvalue weighted by Crippen LogP contribution is -2.49. The summed E-state index contributed by atoms with van der Waals surface area (Å²) in [5, 5.41) is 4.11. The number of hydrogen-bond donors (Lipinski definition) is 1. The molecular weight excluding hydrogens is 347 g/mol. The molecule has 4 nitrogen and oxygen atoms in total. The van der Waals surface area contributed by atoms with Crippen molar-refractivity contribution < 1.29 is 9.59 Å². The monoisotopic (exact) mass is 370 g/mol. The quantitative estimate of drug-likeness (QED) is 0.816. The molecule has 1 atom stereocenters. The smallest absolute Gasteiger partial charge is 0.242 e. The van der Waals surface area contributed by atoms with Crippen LogP contribution in [0.3, 0.4) is 0 Å². The highest BCUT2D eigenvalue weighted by Gasteiger charge is 2.28. The Balaban J connectivity index is 2.11. The lowest BCUT2D eigenvalue weighted by atomic mass is 10.1. The van der Waals surface area contributed by atoms with Crippen LogP contribution in [0.4, 0.5) is 0 Å². The van der Waals surface area contributed by atoms with Gasteiger partial charge in [-0.2, -0.15) is 0 Å². The van der Waals surface area contributed by atoms with Gasteiger partial charge in [-0.1, -0.05) is 49.0 Å². The van der Waals surface area contributed by atoms with Crippen molar-refractivity contribution in [1.29, 1.82) is 0 Å². The molecule has 2 amide bonds. The second-order valence-corrected chi connectivity index (χ2v) is 7.12. The largest absolute Gasteiger partial charge is 0.352 e. The second-order valence-electron chi connectivity index (χ2n) is 6.28. The number of benzene rings is 1. The summed E-state index contributed by atoms with van der Waals surface area (Å²) in [5.41, 5.74) is 0.781. The van der Waals surface area contributed by atoms with Gasteiger partial charge in [0.2, 0.25) is 11.8 Å². The molecule has 1 aromatic rings. The molecule has 1 unspecified atom stereocenters. The number of hydrogen-bond acceptors (Lipinski definition) is 2. The number of nitrogens with zero attached hydrogens (tertiary/aromatic N) is 1. The SMILES string of the molecule is CCC(=O)N(Cc1ccc(Cl)cc1Cl)C(C)C(=O)NC1CCCC1. The highest BCUT2D eigenvalue weighted by atomic mass is 35.5. The van der Waals surface area contributed by atoms with E-state index in [1.165, 1.54) is 0 Å². The van der Waals surface area contributed by atoms with Crippen LogP contribution in [0.15, 0.2) is 18.2 Å². The van der Waals surface area contributed by atoms with E-state index in [0.717, 1.165) is 31.2 Å². The number of carbonyl (C=O) groups is 2. The number of halogens is 2. The van der Waals surface area contributed by atoms with Crippen LogP contribution < -0.4 is 5.32 Å². The van der Waals surface area contributed by atoms with Gasteiger partial charge in [-0.05, 0) is 37.5 Å². The number of nitrogens with one attached hydrogen (secondary N) is 1. The van der Waals surface area contributed by atoms with Crippen LogP contribution in [0.25, 0.3) is 0 Å². The number of rotatable bonds is 6. The molecule has 0 saturated heterocycles. The van der Waals surface area contributed by atoms with Crippen LogP contribution in [0.2, 0.25) is 10.0 Å². The summed E-state index contributed by atoms with van der Waals surface area (Å²) in [6, 6.07) is 4.88. The van der Waals surface area contributed by atoms with Gasteiger partial charge in [0.1, 0.15) is 6.04 Å². The highest BCUT2D eigenvalue weighted by molar-refractivity contribution is 6.35. The van der Waals surface area contributed by atoms with Crippen molar-refractivity contribution >= 4 is 35.0 Å². The van der Waals surface area contributed by atoms with Gasteiger partial charge in [0.05, 0.1) is 0 Å². The third-order valence-corrected chi connectivity index (χ3v) is 5.11. The molecule has 1 aromatic carbocycles. The molecule has 0 radical (unpaired) electrons. The molecule has 6 heteroatoms. The van der Waals surface area contributed by atoms with Gasteiger partial charge in [0.25, 0.3) is 0 Å². The zero-order chi connectivity index (χ0) is 17.7. The maximum absolute atomic E-state index is 12.5. The molecule has 1 N–H and O–H groups in total. The predicted molar refractivity (Wildman–Crippen MR) is 97.2 cm³/mol. The van der Waals surface area contributed by atoms with Crippen molar-refractivity contribution in [2.45, 2.75) is 64.6 Å². The van der Waals surface area contributed by atoms with Crippen molar-refractivity contribution in [2.75, 3.05) is 0 Å². The first-order valence-electron chi connectivity index (χ1n) is 8.46. The molecule has 0 spiro atoms. The molecule has 1 aliphatic rings. The topological polar surface area (TPSA) is 49.4 Å². The van der Waals surface area contributed by atoms with Gasteiger partial charge in [-0.15, -0.1) is 0 Å². The van der Waals surface area contributed by atoms with Crippen LogP contribution in [0.1, 0.15) is 51.5 Å². The summed E-state index contributed by atoms with van der Waals surface area (Å²) in [6.45, 7) is 3.85. The fraction of sp³-hybridized carbons (Fsp3) is 0.556. The lowest BCUT2D eigenvalue weighted by molar-refractivity contribution is -0.140. The van der Waals surface area contributed by atoms with Crippen molar-refractivity contribution in [3.05, 3.63) is 33.8 Å². The molecule has 0 aliphatic heterocycles. The number of amides is 2. The molecule has 0 aromatic heterocycles. The van der Waals surface area contributed by atoms with Gasteiger partial charge in [-0.25, -0.2) is 0 Å². The fourth-order valence-electron chi connectivity index (χ4n) is 3.01. The minimum absolute atomic E-state index is 0.0740. The van der Waals surface area contributed by atoms with E-state index >= 15 is 0 Å². The third-order valence-electron chi connectivity index (χ3n) is 4.53. The van der Waals surface area contributed by atoms with Crippen molar-refractivity contribution in [1.82, 2.24) is 10.2 Å². The first-order chi connectivity index (χ1) is 11.4. The first kappa shape index (κ1) is 19.1. The van der Waals surface area contributed by atoms with E-state index < -0.39 is 6.04 Å². The maximum Gasteiger partial charge on any atom is 0.242 e. The summed E-state index contributed by atoms with van der Waals surface area (Å²) in [7, 11) is 0. The maximum atomic E-state index is 12.5. The predicted octanol–water partition coefficient (Wildman–Crippen LogP) is 4.18. The normalized spacial score (nSPS) is 16.0. The summed E-state index contributed by atoms with van der Waals surface area (Å²) in [6.07, 6.45) is 4.67. The minimum atomic E-state index is -0.537. The zero-order valence-electron chi connectivity index (χ0n) is 14.1. The zero-order valence-corrected chi connectivity index (χ0v) is 15.7. The van der Waals surface area contributed by atoms with Crippen LogP contribution in [0, 0.1) is 0 Å². The Labute approximate surface area is 153 Å². The lowest BCUT2D eigenvalue weighted by Gasteiger charge is -2.29. The van der Waals surface area contributed by atoms with E-state index in [-0.39, 0.29) is 17.9 Å². The van der Waals surface area contributed by atoms with E-state index in [9.17, 15) is 9.59 Å². The van der Waals surface area contributed by atoms with Crippen LogP contribution >= 0.6 is 23.2 Å². The molecular formula is C18H24Cl2N2O2. The summed E-state index contributed by atoms with van der Waals surface area (Å²) in [5.74, 6) is -0.177. The molecule has 0 heterocycles.